The van der Waals surface area contributed by atoms with E-state index in [4.69, 9.17) is 16.7 Å². The Bertz CT molecular complexity index is 485. The van der Waals surface area contributed by atoms with Crippen LogP contribution in [-0.4, -0.2) is 23.0 Å². The molecule has 0 heterocycles. The zero-order valence-corrected chi connectivity index (χ0v) is 11.2. The number of hydrogen-bond donors (Lipinski definition) is 2. The van der Waals surface area contributed by atoms with E-state index in [9.17, 15) is 9.59 Å². The van der Waals surface area contributed by atoms with Gasteiger partial charge in [-0.05, 0) is 24.0 Å². The highest BCUT2D eigenvalue weighted by Crippen LogP contribution is 2.33. The summed E-state index contributed by atoms with van der Waals surface area (Å²) in [6.45, 7) is 0. The van der Waals surface area contributed by atoms with Crippen LogP contribution < -0.4 is 5.32 Å². The van der Waals surface area contributed by atoms with E-state index in [1.165, 1.54) is 0 Å². The molecule has 0 saturated heterocycles. The summed E-state index contributed by atoms with van der Waals surface area (Å²) in [7, 11) is 0. The molecule has 0 bridgehead atoms. The second-order valence-electron chi connectivity index (χ2n) is 4.91. The Hall–Kier alpha value is -1.55. The number of benzene rings is 1. The zero-order chi connectivity index (χ0) is 13.8. The standard InChI is InChI=1S/C14H16ClNO3/c15-11-4-2-1-3-10(11)8-13(17)16-12(14(18)19)7-9-5-6-9/h1-4,9,12H,5-8H2,(H,16,17)(H,18,19). The van der Waals surface area contributed by atoms with Gasteiger partial charge in [0.1, 0.15) is 6.04 Å². The van der Waals surface area contributed by atoms with Crippen molar-refractivity contribution in [2.45, 2.75) is 31.7 Å². The highest BCUT2D eigenvalue weighted by Gasteiger charge is 2.30. The molecule has 1 fully saturated rings. The summed E-state index contributed by atoms with van der Waals surface area (Å²) < 4.78 is 0. The van der Waals surface area contributed by atoms with E-state index >= 15 is 0 Å². The summed E-state index contributed by atoms with van der Waals surface area (Å²) in [5.74, 6) is -0.831. The van der Waals surface area contributed by atoms with Crippen LogP contribution in [0.25, 0.3) is 0 Å². The lowest BCUT2D eigenvalue weighted by molar-refractivity contribution is -0.142. The van der Waals surface area contributed by atoms with Crippen LogP contribution in [-0.2, 0) is 16.0 Å². The van der Waals surface area contributed by atoms with Gasteiger partial charge in [-0.2, -0.15) is 0 Å². The minimum absolute atomic E-state index is 0.105. The second kappa shape index (κ2) is 6.06. The quantitative estimate of drug-likeness (QED) is 0.840. The van der Waals surface area contributed by atoms with Gasteiger partial charge in [0.2, 0.25) is 5.91 Å². The van der Waals surface area contributed by atoms with E-state index < -0.39 is 12.0 Å². The first-order valence-corrected chi connectivity index (χ1v) is 6.69. The van der Waals surface area contributed by atoms with Gasteiger partial charge in [0.25, 0.3) is 0 Å². The zero-order valence-electron chi connectivity index (χ0n) is 10.4. The Morgan fingerprint density at radius 3 is 2.63 bits per heavy atom. The molecule has 0 radical (unpaired) electrons. The average Bonchev–Trinajstić information content (AvgIpc) is 3.15. The fourth-order valence-electron chi connectivity index (χ4n) is 1.97. The maximum atomic E-state index is 11.8. The lowest BCUT2D eigenvalue weighted by Crippen LogP contribution is -2.41. The molecular formula is C14H16ClNO3. The van der Waals surface area contributed by atoms with Crippen molar-refractivity contribution in [2.24, 2.45) is 5.92 Å². The maximum absolute atomic E-state index is 11.8. The monoisotopic (exact) mass is 281 g/mol. The number of amides is 1. The number of rotatable bonds is 6. The van der Waals surface area contributed by atoms with Crippen LogP contribution in [0.1, 0.15) is 24.8 Å². The Kier molecular flexibility index (Phi) is 4.43. The minimum Gasteiger partial charge on any atom is -0.480 e. The highest BCUT2D eigenvalue weighted by atomic mass is 35.5. The molecule has 1 aliphatic rings. The molecule has 1 aliphatic carbocycles. The predicted molar refractivity (Wildman–Crippen MR) is 72.1 cm³/mol. The van der Waals surface area contributed by atoms with Gasteiger partial charge in [0.05, 0.1) is 6.42 Å². The summed E-state index contributed by atoms with van der Waals surface area (Å²) in [6.07, 6.45) is 2.74. The van der Waals surface area contributed by atoms with Crippen molar-refractivity contribution in [2.75, 3.05) is 0 Å². The lowest BCUT2D eigenvalue weighted by Gasteiger charge is -2.14. The van der Waals surface area contributed by atoms with Crippen LogP contribution in [0.5, 0.6) is 0 Å². The van der Waals surface area contributed by atoms with E-state index in [1.807, 2.05) is 0 Å². The van der Waals surface area contributed by atoms with E-state index in [0.717, 1.165) is 12.8 Å². The van der Waals surface area contributed by atoms with Crippen molar-refractivity contribution in [3.05, 3.63) is 34.9 Å². The molecule has 1 aromatic rings. The van der Waals surface area contributed by atoms with E-state index in [0.29, 0.717) is 22.9 Å². The topological polar surface area (TPSA) is 66.4 Å². The fraction of sp³-hybridized carbons (Fsp3) is 0.429. The molecular weight excluding hydrogens is 266 g/mol. The molecule has 1 aromatic carbocycles. The molecule has 19 heavy (non-hydrogen) atoms. The van der Waals surface area contributed by atoms with Crippen molar-refractivity contribution in [1.82, 2.24) is 5.32 Å². The number of carboxylic acid groups (broad SMARTS) is 1. The summed E-state index contributed by atoms with van der Waals surface area (Å²) in [5, 5.41) is 12.2. The number of carbonyl (C=O) groups is 2. The number of aliphatic carboxylic acids is 1. The molecule has 1 amide bonds. The van der Waals surface area contributed by atoms with Crippen LogP contribution in [0.15, 0.2) is 24.3 Å². The van der Waals surface area contributed by atoms with Crippen LogP contribution in [0.4, 0.5) is 0 Å². The SMILES string of the molecule is O=C(Cc1ccccc1Cl)NC(CC1CC1)C(=O)O. The average molecular weight is 282 g/mol. The summed E-state index contributed by atoms with van der Waals surface area (Å²) >= 11 is 5.97. The molecule has 1 atom stereocenters. The fourth-order valence-corrected chi connectivity index (χ4v) is 2.17. The van der Waals surface area contributed by atoms with Gasteiger partial charge in [-0.1, -0.05) is 42.6 Å². The summed E-state index contributed by atoms with van der Waals surface area (Å²) in [6, 6.07) is 6.27. The van der Waals surface area contributed by atoms with Gasteiger partial charge in [0, 0.05) is 5.02 Å². The molecule has 0 spiro atoms. The third-order valence-electron chi connectivity index (χ3n) is 3.21. The van der Waals surface area contributed by atoms with Crippen molar-refractivity contribution >= 4 is 23.5 Å². The van der Waals surface area contributed by atoms with Crippen molar-refractivity contribution in [3.63, 3.8) is 0 Å². The van der Waals surface area contributed by atoms with Crippen LogP contribution in [0.3, 0.4) is 0 Å². The van der Waals surface area contributed by atoms with Gasteiger partial charge in [-0.15, -0.1) is 0 Å². The van der Waals surface area contributed by atoms with Gasteiger partial charge < -0.3 is 10.4 Å². The maximum Gasteiger partial charge on any atom is 0.326 e. The van der Waals surface area contributed by atoms with Gasteiger partial charge >= 0.3 is 5.97 Å². The number of halogens is 1. The summed E-state index contributed by atoms with van der Waals surface area (Å²) in [5.41, 5.74) is 0.706. The van der Waals surface area contributed by atoms with Crippen molar-refractivity contribution in [3.8, 4) is 0 Å². The van der Waals surface area contributed by atoms with Gasteiger partial charge in [-0.3, -0.25) is 4.79 Å². The third kappa shape index (κ3) is 4.24. The first kappa shape index (κ1) is 13.9. The summed E-state index contributed by atoms with van der Waals surface area (Å²) in [4.78, 5) is 22.9. The number of carbonyl (C=O) groups excluding carboxylic acids is 1. The lowest BCUT2D eigenvalue weighted by atomic mass is 10.1. The normalized spacial score (nSPS) is 15.8. The Morgan fingerprint density at radius 2 is 2.05 bits per heavy atom. The molecule has 4 nitrogen and oxygen atoms in total. The largest absolute Gasteiger partial charge is 0.480 e. The number of nitrogens with one attached hydrogen (secondary N) is 1. The van der Waals surface area contributed by atoms with Gasteiger partial charge in [0.15, 0.2) is 0 Å². The van der Waals surface area contributed by atoms with Crippen LogP contribution >= 0.6 is 11.6 Å². The van der Waals surface area contributed by atoms with E-state index in [1.54, 1.807) is 24.3 Å². The first-order chi connectivity index (χ1) is 9.06. The minimum atomic E-state index is -0.973. The Morgan fingerprint density at radius 1 is 1.37 bits per heavy atom. The van der Waals surface area contributed by atoms with E-state index in [-0.39, 0.29) is 12.3 Å². The molecule has 1 unspecified atom stereocenters. The molecule has 102 valence electrons. The van der Waals surface area contributed by atoms with Gasteiger partial charge in [-0.25, -0.2) is 4.79 Å². The third-order valence-corrected chi connectivity index (χ3v) is 3.58. The first-order valence-electron chi connectivity index (χ1n) is 6.32. The van der Waals surface area contributed by atoms with Crippen LogP contribution in [0.2, 0.25) is 5.02 Å². The van der Waals surface area contributed by atoms with Crippen molar-refractivity contribution in [1.29, 1.82) is 0 Å². The van der Waals surface area contributed by atoms with Crippen LogP contribution in [0, 0.1) is 5.92 Å². The molecule has 2 N–H and O–H groups in total. The predicted octanol–water partition coefficient (Wildman–Crippen LogP) is 2.25. The second-order valence-corrected chi connectivity index (χ2v) is 5.31. The number of carboxylic acids is 1. The highest BCUT2D eigenvalue weighted by molar-refractivity contribution is 6.31. The number of hydrogen-bond acceptors (Lipinski definition) is 2. The molecule has 0 aliphatic heterocycles. The smallest absolute Gasteiger partial charge is 0.326 e. The molecule has 0 aromatic heterocycles. The van der Waals surface area contributed by atoms with Crippen molar-refractivity contribution < 1.29 is 14.7 Å². The molecule has 1 saturated carbocycles. The van der Waals surface area contributed by atoms with E-state index in [2.05, 4.69) is 5.32 Å². The molecule has 2 rings (SSSR count). The molecule has 5 heteroatoms. The Labute approximate surface area is 116 Å². The Balaban J connectivity index is 1.91.